The van der Waals surface area contributed by atoms with Gasteiger partial charge in [-0.05, 0) is 24.6 Å². The van der Waals surface area contributed by atoms with E-state index < -0.39 is 0 Å². The van der Waals surface area contributed by atoms with Crippen molar-refractivity contribution in [2.45, 2.75) is 6.92 Å². The molecule has 2 amide bonds. The van der Waals surface area contributed by atoms with Gasteiger partial charge < -0.3 is 20.2 Å². The highest BCUT2D eigenvalue weighted by atomic mass is 16.3. The summed E-state index contributed by atoms with van der Waals surface area (Å²) in [6.45, 7) is 4.73. The van der Waals surface area contributed by atoms with Crippen LogP contribution in [0.3, 0.4) is 0 Å². The Kier molecular flexibility index (Phi) is 4.80. The molecule has 0 aliphatic carbocycles. The molecule has 21 heavy (non-hydrogen) atoms. The van der Waals surface area contributed by atoms with Gasteiger partial charge in [-0.25, -0.2) is 0 Å². The Balaban J connectivity index is 1.98. The van der Waals surface area contributed by atoms with Crippen LogP contribution in [-0.4, -0.2) is 66.5 Å². The van der Waals surface area contributed by atoms with Gasteiger partial charge in [-0.1, -0.05) is 6.07 Å². The average Bonchev–Trinajstić information content (AvgIpc) is 2.50. The fourth-order valence-corrected chi connectivity index (χ4v) is 2.25. The number of phenolic OH excluding ortho intramolecular Hbond substituents is 1. The maximum absolute atomic E-state index is 12.3. The molecule has 0 radical (unpaired) electrons. The van der Waals surface area contributed by atoms with Crippen molar-refractivity contribution in [1.82, 2.24) is 15.1 Å². The normalized spacial score (nSPS) is 14.9. The summed E-state index contributed by atoms with van der Waals surface area (Å²) in [6.07, 6.45) is 0. The van der Waals surface area contributed by atoms with Crippen LogP contribution in [0.1, 0.15) is 15.9 Å². The van der Waals surface area contributed by atoms with E-state index in [0.29, 0.717) is 24.2 Å². The largest absolute Gasteiger partial charge is 0.508 e. The molecule has 6 heteroatoms. The molecule has 0 spiro atoms. The van der Waals surface area contributed by atoms with Crippen molar-refractivity contribution in [3.05, 3.63) is 29.3 Å². The first kappa shape index (κ1) is 15.3. The van der Waals surface area contributed by atoms with Crippen LogP contribution >= 0.6 is 0 Å². The monoisotopic (exact) mass is 291 g/mol. The van der Waals surface area contributed by atoms with Gasteiger partial charge in [-0.15, -0.1) is 0 Å². The number of carbonyl (C=O) groups is 2. The van der Waals surface area contributed by atoms with Gasteiger partial charge in [0.05, 0.1) is 6.54 Å². The van der Waals surface area contributed by atoms with Crippen LogP contribution in [0.5, 0.6) is 5.75 Å². The molecule has 2 rings (SSSR count). The van der Waals surface area contributed by atoms with Crippen LogP contribution in [0.2, 0.25) is 0 Å². The van der Waals surface area contributed by atoms with E-state index in [0.717, 1.165) is 13.1 Å². The fraction of sp³-hybridized carbons (Fsp3) is 0.467. The van der Waals surface area contributed by atoms with Gasteiger partial charge in [0.1, 0.15) is 5.75 Å². The average molecular weight is 291 g/mol. The first-order valence-corrected chi connectivity index (χ1v) is 7.02. The van der Waals surface area contributed by atoms with E-state index in [1.165, 1.54) is 11.0 Å². The maximum Gasteiger partial charge on any atom is 0.254 e. The number of piperazine rings is 1. The van der Waals surface area contributed by atoms with Crippen molar-refractivity contribution in [3.8, 4) is 5.75 Å². The number of benzene rings is 1. The van der Waals surface area contributed by atoms with E-state index in [4.69, 9.17) is 0 Å². The Morgan fingerprint density at radius 2 is 2.00 bits per heavy atom. The Labute approximate surface area is 124 Å². The van der Waals surface area contributed by atoms with Gasteiger partial charge in [0.15, 0.2) is 0 Å². The van der Waals surface area contributed by atoms with Crippen molar-refractivity contribution in [2.75, 3.05) is 39.8 Å². The molecular weight excluding hydrogens is 270 g/mol. The van der Waals surface area contributed by atoms with Crippen LogP contribution < -0.4 is 5.32 Å². The molecule has 0 aromatic heterocycles. The lowest BCUT2D eigenvalue weighted by Crippen LogP contribution is -2.49. The molecule has 0 unspecified atom stereocenters. The molecule has 6 nitrogen and oxygen atoms in total. The molecule has 1 aliphatic heterocycles. The summed E-state index contributed by atoms with van der Waals surface area (Å²) in [5.74, 6) is -0.236. The Hall–Kier alpha value is -2.08. The fourth-order valence-electron chi connectivity index (χ4n) is 2.25. The number of likely N-dealkylation sites (N-methyl/N-ethyl adjacent to an activating group) is 1. The summed E-state index contributed by atoms with van der Waals surface area (Å²) in [4.78, 5) is 27.5. The zero-order chi connectivity index (χ0) is 15.4. The van der Waals surface area contributed by atoms with Crippen LogP contribution in [0.4, 0.5) is 0 Å². The molecule has 1 aromatic carbocycles. The second-order valence-corrected chi connectivity index (χ2v) is 5.29. The predicted molar refractivity (Wildman–Crippen MR) is 79.3 cm³/mol. The minimum Gasteiger partial charge on any atom is -0.508 e. The number of hydrogen-bond donors (Lipinski definition) is 2. The standard InChI is InChI=1S/C15H21N3O3/c1-11-3-4-12(9-13(11)19)15(21)17(2)10-14(20)18-7-5-16-6-8-18/h3-4,9,16,19H,5-8,10H2,1-2H3. The number of hydrogen-bond acceptors (Lipinski definition) is 4. The summed E-state index contributed by atoms with van der Waals surface area (Å²) in [5, 5.41) is 12.8. The van der Waals surface area contributed by atoms with Crippen LogP contribution in [-0.2, 0) is 4.79 Å². The first-order chi connectivity index (χ1) is 9.99. The lowest BCUT2D eigenvalue weighted by molar-refractivity contribution is -0.132. The number of aromatic hydroxyl groups is 1. The third-order valence-electron chi connectivity index (χ3n) is 3.64. The third-order valence-corrected chi connectivity index (χ3v) is 3.64. The topological polar surface area (TPSA) is 72.9 Å². The van der Waals surface area contributed by atoms with Gasteiger partial charge in [0.2, 0.25) is 5.91 Å². The molecule has 1 aromatic rings. The molecule has 0 saturated carbocycles. The van der Waals surface area contributed by atoms with E-state index in [2.05, 4.69) is 5.32 Å². The van der Waals surface area contributed by atoms with Crippen molar-refractivity contribution in [3.63, 3.8) is 0 Å². The van der Waals surface area contributed by atoms with Crippen molar-refractivity contribution < 1.29 is 14.7 Å². The zero-order valence-corrected chi connectivity index (χ0v) is 12.4. The van der Waals surface area contributed by atoms with Crippen LogP contribution in [0, 0.1) is 6.92 Å². The quantitative estimate of drug-likeness (QED) is 0.835. The highest BCUT2D eigenvalue weighted by Crippen LogP contribution is 2.18. The van der Waals surface area contributed by atoms with E-state index in [9.17, 15) is 14.7 Å². The Morgan fingerprint density at radius 1 is 1.33 bits per heavy atom. The molecule has 1 fully saturated rings. The second kappa shape index (κ2) is 6.58. The maximum atomic E-state index is 12.3. The number of aryl methyl sites for hydroxylation is 1. The second-order valence-electron chi connectivity index (χ2n) is 5.29. The van der Waals surface area contributed by atoms with Crippen molar-refractivity contribution in [1.29, 1.82) is 0 Å². The van der Waals surface area contributed by atoms with E-state index in [1.807, 2.05) is 0 Å². The predicted octanol–water partition coefficient (Wildman–Crippen LogP) is 0.204. The van der Waals surface area contributed by atoms with E-state index >= 15 is 0 Å². The molecule has 0 bridgehead atoms. The highest BCUT2D eigenvalue weighted by molar-refractivity contribution is 5.96. The summed E-state index contributed by atoms with van der Waals surface area (Å²) < 4.78 is 0. The smallest absolute Gasteiger partial charge is 0.254 e. The van der Waals surface area contributed by atoms with E-state index in [1.54, 1.807) is 31.0 Å². The van der Waals surface area contributed by atoms with Gasteiger partial charge in [-0.3, -0.25) is 9.59 Å². The molecular formula is C15H21N3O3. The highest BCUT2D eigenvalue weighted by Gasteiger charge is 2.21. The lowest BCUT2D eigenvalue weighted by Gasteiger charge is -2.29. The summed E-state index contributed by atoms with van der Waals surface area (Å²) >= 11 is 0. The SMILES string of the molecule is Cc1ccc(C(=O)N(C)CC(=O)N2CCNCC2)cc1O. The van der Waals surface area contributed by atoms with Crippen LogP contribution in [0.25, 0.3) is 0 Å². The minimum atomic E-state index is -0.270. The number of carbonyl (C=O) groups excluding carboxylic acids is 2. The molecule has 1 saturated heterocycles. The van der Waals surface area contributed by atoms with E-state index in [-0.39, 0.29) is 24.1 Å². The number of nitrogens with zero attached hydrogens (tertiary/aromatic N) is 2. The van der Waals surface area contributed by atoms with Gasteiger partial charge in [-0.2, -0.15) is 0 Å². The first-order valence-electron chi connectivity index (χ1n) is 7.02. The number of rotatable bonds is 3. The Morgan fingerprint density at radius 3 is 2.62 bits per heavy atom. The Bertz CT molecular complexity index is 539. The van der Waals surface area contributed by atoms with Gasteiger partial charge in [0.25, 0.3) is 5.91 Å². The lowest BCUT2D eigenvalue weighted by atomic mass is 10.1. The van der Waals surface area contributed by atoms with Crippen molar-refractivity contribution >= 4 is 11.8 Å². The molecule has 0 atom stereocenters. The molecule has 114 valence electrons. The summed E-state index contributed by atoms with van der Waals surface area (Å²) in [5.41, 5.74) is 1.10. The third kappa shape index (κ3) is 3.72. The molecule has 1 heterocycles. The number of amides is 2. The zero-order valence-electron chi connectivity index (χ0n) is 12.4. The number of nitrogens with one attached hydrogen (secondary N) is 1. The minimum absolute atomic E-state index is 0.0491. The van der Waals surface area contributed by atoms with Crippen molar-refractivity contribution in [2.24, 2.45) is 0 Å². The summed E-state index contributed by atoms with van der Waals surface area (Å²) in [7, 11) is 1.60. The van der Waals surface area contributed by atoms with Gasteiger partial charge >= 0.3 is 0 Å². The van der Waals surface area contributed by atoms with Gasteiger partial charge in [0, 0.05) is 38.8 Å². The molecule has 1 aliphatic rings. The van der Waals surface area contributed by atoms with Crippen LogP contribution in [0.15, 0.2) is 18.2 Å². The molecule has 2 N–H and O–H groups in total. The number of phenols is 1. The summed E-state index contributed by atoms with van der Waals surface area (Å²) in [6, 6.07) is 4.78.